The van der Waals surface area contributed by atoms with Crippen LogP contribution in [-0.4, -0.2) is 11.9 Å². The molecule has 146 valence electrons. The zero-order chi connectivity index (χ0) is 20.5. The summed E-state index contributed by atoms with van der Waals surface area (Å²) in [5, 5.41) is 2.97. The van der Waals surface area contributed by atoms with E-state index >= 15 is 0 Å². The van der Waals surface area contributed by atoms with E-state index in [0.29, 0.717) is 17.5 Å². The van der Waals surface area contributed by atoms with Crippen LogP contribution in [0.4, 0.5) is 5.69 Å². The van der Waals surface area contributed by atoms with E-state index in [0.717, 1.165) is 33.5 Å². The number of hydrogen-bond donors (Lipinski definition) is 1. The van der Waals surface area contributed by atoms with Gasteiger partial charge in [0.05, 0.1) is 5.56 Å². The van der Waals surface area contributed by atoms with Crippen LogP contribution in [0.5, 0.6) is 0 Å². The zero-order valence-corrected chi connectivity index (χ0v) is 16.8. The lowest BCUT2D eigenvalue weighted by molar-refractivity contribution is 0.0252. The molecule has 3 aromatic carbocycles. The normalized spacial score (nSPS) is 15.4. The van der Waals surface area contributed by atoms with Gasteiger partial charge in [0.2, 0.25) is 0 Å². The zero-order valence-electron chi connectivity index (χ0n) is 16.8. The molecule has 1 amide bonds. The van der Waals surface area contributed by atoms with Crippen molar-refractivity contribution in [1.82, 2.24) is 0 Å². The summed E-state index contributed by atoms with van der Waals surface area (Å²) in [5.41, 5.74) is 6.95. The highest BCUT2D eigenvalue weighted by Crippen LogP contribution is 2.31. The van der Waals surface area contributed by atoms with E-state index in [4.69, 9.17) is 4.74 Å². The summed E-state index contributed by atoms with van der Waals surface area (Å²) in [7, 11) is 0. The highest BCUT2D eigenvalue weighted by molar-refractivity contribution is 6.05. The summed E-state index contributed by atoms with van der Waals surface area (Å²) in [6.45, 7) is 6.01. The molecule has 0 spiro atoms. The van der Waals surface area contributed by atoms with Crippen LogP contribution in [0.2, 0.25) is 0 Å². The van der Waals surface area contributed by atoms with Crippen molar-refractivity contribution in [3.8, 4) is 0 Å². The van der Waals surface area contributed by atoms with Crippen LogP contribution in [-0.2, 0) is 11.2 Å². The van der Waals surface area contributed by atoms with Crippen molar-refractivity contribution < 1.29 is 14.3 Å². The van der Waals surface area contributed by atoms with E-state index in [1.807, 2.05) is 63.2 Å². The quantitative estimate of drug-likeness (QED) is 0.621. The molecule has 1 N–H and O–H groups in total. The Morgan fingerprint density at radius 1 is 0.931 bits per heavy atom. The van der Waals surface area contributed by atoms with Gasteiger partial charge in [-0.2, -0.15) is 0 Å². The number of ether oxygens (including phenoxy) is 1. The number of aryl methyl sites for hydroxylation is 3. The lowest BCUT2D eigenvalue weighted by atomic mass is 9.92. The molecule has 4 nitrogen and oxygen atoms in total. The fraction of sp³-hybridized carbons (Fsp3) is 0.200. The number of carbonyl (C=O) groups is 2. The van der Waals surface area contributed by atoms with E-state index in [9.17, 15) is 9.59 Å². The highest BCUT2D eigenvalue weighted by Gasteiger charge is 2.28. The average Bonchev–Trinajstić information content (AvgIpc) is 2.70. The molecule has 0 saturated carbocycles. The van der Waals surface area contributed by atoms with E-state index in [2.05, 4.69) is 5.32 Å². The van der Waals surface area contributed by atoms with E-state index in [1.165, 1.54) is 0 Å². The maximum Gasteiger partial charge on any atom is 0.339 e. The molecule has 0 bridgehead atoms. The molecule has 4 rings (SSSR count). The molecule has 0 radical (unpaired) electrons. The number of nitrogens with one attached hydrogen (secondary N) is 1. The Morgan fingerprint density at radius 2 is 1.66 bits per heavy atom. The molecule has 1 aliphatic rings. The maximum absolute atomic E-state index is 12.8. The van der Waals surface area contributed by atoms with Crippen molar-refractivity contribution in [3.63, 3.8) is 0 Å². The van der Waals surface area contributed by atoms with Gasteiger partial charge in [0.1, 0.15) is 6.10 Å². The molecule has 0 aliphatic carbocycles. The third-order valence-corrected chi connectivity index (χ3v) is 5.32. The van der Waals surface area contributed by atoms with Gasteiger partial charge in [-0.15, -0.1) is 0 Å². The lowest BCUT2D eigenvalue weighted by Crippen LogP contribution is -2.23. The number of anilines is 1. The first-order valence-electron chi connectivity index (χ1n) is 9.70. The largest absolute Gasteiger partial charge is 0.454 e. The second kappa shape index (κ2) is 7.55. The summed E-state index contributed by atoms with van der Waals surface area (Å²) in [4.78, 5) is 25.2. The molecule has 4 heteroatoms. The third kappa shape index (κ3) is 3.92. The number of benzene rings is 3. The van der Waals surface area contributed by atoms with Crippen LogP contribution in [0.15, 0.2) is 60.7 Å². The van der Waals surface area contributed by atoms with Crippen molar-refractivity contribution in [1.29, 1.82) is 0 Å². The van der Waals surface area contributed by atoms with Crippen LogP contribution < -0.4 is 5.32 Å². The maximum atomic E-state index is 12.8. The first-order valence-corrected chi connectivity index (χ1v) is 9.70. The van der Waals surface area contributed by atoms with Crippen LogP contribution >= 0.6 is 0 Å². The van der Waals surface area contributed by atoms with Crippen LogP contribution in [0, 0.1) is 20.8 Å². The minimum absolute atomic E-state index is 0.189. The second-order valence-electron chi connectivity index (χ2n) is 7.65. The SMILES string of the molecule is Cc1ccc([C@@H]2Cc3cc(C(=O)Nc4ccc(C)cc4C)ccc3C(=O)O2)cc1. The fourth-order valence-electron chi connectivity index (χ4n) is 3.65. The number of amides is 1. The van der Waals surface area contributed by atoms with Crippen molar-refractivity contribution in [2.75, 3.05) is 5.32 Å². The van der Waals surface area contributed by atoms with Gasteiger partial charge >= 0.3 is 5.97 Å². The third-order valence-electron chi connectivity index (χ3n) is 5.32. The highest BCUT2D eigenvalue weighted by atomic mass is 16.5. The summed E-state index contributed by atoms with van der Waals surface area (Å²) >= 11 is 0. The molecule has 0 saturated heterocycles. The monoisotopic (exact) mass is 385 g/mol. The van der Waals surface area contributed by atoms with Crippen molar-refractivity contribution in [2.24, 2.45) is 0 Å². The Morgan fingerprint density at radius 3 is 2.38 bits per heavy atom. The molecular formula is C25H23NO3. The molecule has 0 fully saturated rings. The lowest BCUT2D eigenvalue weighted by Gasteiger charge is -2.25. The Kier molecular flexibility index (Phi) is 4.93. The fourth-order valence-corrected chi connectivity index (χ4v) is 3.65. The average molecular weight is 385 g/mol. The Balaban J connectivity index is 1.59. The number of carbonyl (C=O) groups excluding carboxylic acids is 2. The van der Waals surface area contributed by atoms with Crippen LogP contribution in [0.1, 0.15) is 54.6 Å². The molecular weight excluding hydrogens is 362 g/mol. The standard InChI is InChI=1S/C25H23NO3/c1-15-4-7-18(8-5-15)23-14-20-13-19(9-10-21(20)25(28)29-23)24(27)26-22-11-6-16(2)12-17(22)3/h4-13,23H,14H2,1-3H3,(H,26,27)/t23-/m0/s1. The van der Waals surface area contributed by atoms with E-state index in [1.54, 1.807) is 18.2 Å². The predicted molar refractivity (Wildman–Crippen MR) is 113 cm³/mol. The minimum atomic E-state index is -0.349. The second-order valence-corrected chi connectivity index (χ2v) is 7.65. The number of hydrogen-bond acceptors (Lipinski definition) is 3. The van der Waals surface area contributed by atoms with Gasteiger partial charge in [0.25, 0.3) is 5.91 Å². The topological polar surface area (TPSA) is 55.4 Å². The number of esters is 1. The molecule has 29 heavy (non-hydrogen) atoms. The summed E-state index contributed by atoms with van der Waals surface area (Å²) in [6, 6.07) is 19.0. The van der Waals surface area contributed by atoms with Gasteiger partial charge in [-0.3, -0.25) is 4.79 Å². The first-order chi connectivity index (χ1) is 13.9. The van der Waals surface area contributed by atoms with Gasteiger partial charge in [-0.1, -0.05) is 47.5 Å². The minimum Gasteiger partial charge on any atom is -0.454 e. The summed E-state index contributed by atoms with van der Waals surface area (Å²) < 4.78 is 5.62. The van der Waals surface area contributed by atoms with Crippen molar-refractivity contribution in [3.05, 3.63) is 99.6 Å². The van der Waals surface area contributed by atoms with E-state index < -0.39 is 0 Å². The number of fused-ring (bicyclic) bond motifs is 1. The van der Waals surface area contributed by atoms with Crippen LogP contribution in [0.25, 0.3) is 0 Å². The van der Waals surface area contributed by atoms with E-state index in [-0.39, 0.29) is 18.0 Å². The van der Waals surface area contributed by atoms with Gasteiger partial charge in [0, 0.05) is 17.7 Å². The Bertz CT molecular complexity index is 1100. The smallest absolute Gasteiger partial charge is 0.339 e. The van der Waals surface area contributed by atoms with Gasteiger partial charge < -0.3 is 10.1 Å². The first kappa shape index (κ1) is 18.9. The molecule has 0 unspecified atom stereocenters. The molecule has 3 aromatic rings. The van der Waals surface area contributed by atoms with Crippen molar-refractivity contribution in [2.45, 2.75) is 33.3 Å². The van der Waals surface area contributed by atoms with Gasteiger partial charge in [-0.05, 0) is 61.7 Å². The van der Waals surface area contributed by atoms with Crippen LogP contribution in [0.3, 0.4) is 0 Å². The predicted octanol–water partition coefficient (Wildman–Crippen LogP) is 5.32. The summed E-state index contributed by atoms with van der Waals surface area (Å²) in [5.74, 6) is -0.538. The van der Waals surface area contributed by atoms with Gasteiger partial charge in [0.15, 0.2) is 0 Å². The molecule has 0 aromatic heterocycles. The van der Waals surface area contributed by atoms with Crippen molar-refractivity contribution >= 4 is 17.6 Å². The Hall–Kier alpha value is -3.40. The number of cyclic esters (lactones) is 1. The number of rotatable bonds is 3. The Labute approximate surface area is 170 Å². The molecule has 1 aliphatic heterocycles. The van der Waals surface area contributed by atoms with Gasteiger partial charge in [-0.25, -0.2) is 4.79 Å². The molecule has 1 atom stereocenters. The summed E-state index contributed by atoms with van der Waals surface area (Å²) in [6.07, 6.45) is 0.211. The molecule has 1 heterocycles.